The molecule has 0 radical (unpaired) electrons. The first-order chi connectivity index (χ1) is 9.74. The number of pyridine rings is 1. The predicted octanol–water partition coefficient (Wildman–Crippen LogP) is 2.11. The molecule has 1 amide bonds. The van der Waals surface area contributed by atoms with Crippen molar-refractivity contribution in [2.45, 2.75) is 31.8 Å². The van der Waals surface area contributed by atoms with Crippen LogP contribution in [0.4, 0.5) is 0 Å². The highest BCUT2D eigenvalue weighted by molar-refractivity contribution is 6.06. The molecule has 0 aliphatic carbocycles. The molecule has 1 aromatic carbocycles. The summed E-state index contributed by atoms with van der Waals surface area (Å²) in [6.07, 6.45) is 3.66. The van der Waals surface area contributed by atoms with Crippen LogP contribution in [-0.4, -0.2) is 29.5 Å². The summed E-state index contributed by atoms with van der Waals surface area (Å²) in [7, 11) is 0. The minimum Gasteiger partial charge on any atom is -0.349 e. The van der Waals surface area contributed by atoms with Crippen LogP contribution >= 0.6 is 0 Å². The van der Waals surface area contributed by atoms with Gasteiger partial charge in [-0.25, -0.2) is 0 Å². The van der Waals surface area contributed by atoms with E-state index in [1.807, 2.05) is 24.3 Å². The predicted molar refractivity (Wildman–Crippen MR) is 79.7 cm³/mol. The second kappa shape index (κ2) is 5.59. The molecule has 2 atom stereocenters. The van der Waals surface area contributed by atoms with Gasteiger partial charge in [-0.1, -0.05) is 18.2 Å². The zero-order valence-corrected chi connectivity index (χ0v) is 11.6. The molecule has 0 bridgehead atoms. The lowest BCUT2D eigenvalue weighted by molar-refractivity contribution is 0.0927. The van der Waals surface area contributed by atoms with Crippen LogP contribution in [0.3, 0.4) is 0 Å². The van der Waals surface area contributed by atoms with Gasteiger partial charge in [0.2, 0.25) is 0 Å². The van der Waals surface area contributed by atoms with Crippen LogP contribution in [0.5, 0.6) is 0 Å². The van der Waals surface area contributed by atoms with Gasteiger partial charge in [-0.05, 0) is 38.4 Å². The number of hydrogen-bond acceptors (Lipinski definition) is 3. The Morgan fingerprint density at radius 2 is 2.20 bits per heavy atom. The van der Waals surface area contributed by atoms with E-state index in [1.165, 1.54) is 0 Å². The molecule has 2 N–H and O–H groups in total. The van der Waals surface area contributed by atoms with Gasteiger partial charge in [-0.3, -0.25) is 9.78 Å². The van der Waals surface area contributed by atoms with E-state index in [2.05, 4.69) is 22.5 Å². The Balaban J connectivity index is 1.82. The molecule has 2 unspecified atom stereocenters. The highest BCUT2D eigenvalue weighted by Gasteiger charge is 2.21. The van der Waals surface area contributed by atoms with Gasteiger partial charge in [-0.15, -0.1) is 0 Å². The second-order valence-electron chi connectivity index (χ2n) is 5.43. The van der Waals surface area contributed by atoms with Crippen molar-refractivity contribution < 1.29 is 4.79 Å². The smallest absolute Gasteiger partial charge is 0.252 e. The summed E-state index contributed by atoms with van der Waals surface area (Å²) in [5, 5.41) is 7.46. The van der Waals surface area contributed by atoms with Crippen molar-refractivity contribution in [3.63, 3.8) is 0 Å². The summed E-state index contributed by atoms with van der Waals surface area (Å²) >= 11 is 0. The number of hydrogen-bond donors (Lipinski definition) is 2. The maximum Gasteiger partial charge on any atom is 0.252 e. The monoisotopic (exact) mass is 269 g/mol. The van der Waals surface area contributed by atoms with Crippen LogP contribution < -0.4 is 10.6 Å². The third-order valence-corrected chi connectivity index (χ3v) is 3.85. The van der Waals surface area contributed by atoms with Gasteiger partial charge in [0.25, 0.3) is 5.91 Å². The molecule has 1 saturated heterocycles. The highest BCUT2D eigenvalue weighted by atomic mass is 16.1. The van der Waals surface area contributed by atoms with Gasteiger partial charge in [0, 0.05) is 23.7 Å². The van der Waals surface area contributed by atoms with Gasteiger partial charge in [0.15, 0.2) is 0 Å². The molecular weight excluding hydrogens is 250 g/mol. The van der Waals surface area contributed by atoms with Crippen LogP contribution in [0.15, 0.2) is 36.5 Å². The Morgan fingerprint density at radius 3 is 3.05 bits per heavy atom. The fourth-order valence-electron chi connectivity index (χ4n) is 2.82. The number of aromatic nitrogens is 1. The average Bonchev–Trinajstić information content (AvgIpc) is 2.46. The summed E-state index contributed by atoms with van der Waals surface area (Å²) in [6, 6.07) is 10.3. The van der Waals surface area contributed by atoms with Crippen LogP contribution in [0.2, 0.25) is 0 Å². The molecule has 0 saturated carbocycles. The van der Waals surface area contributed by atoms with Crippen LogP contribution in [0.1, 0.15) is 30.1 Å². The van der Waals surface area contributed by atoms with Gasteiger partial charge in [-0.2, -0.15) is 0 Å². The number of para-hydroxylation sites is 1. The first kappa shape index (κ1) is 13.1. The molecule has 1 aliphatic heterocycles. The van der Waals surface area contributed by atoms with Crippen molar-refractivity contribution in [1.82, 2.24) is 15.6 Å². The largest absolute Gasteiger partial charge is 0.349 e. The molecule has 20 heavy (non-hydrogen) atoms. The number of amides is 1. The molecule has 0 spiro atoms. The Labute approximate surface area is 118 Å². The number of benzene rings is 1. The normalized spacial score (nSPS) is 22.6. The molecule has 1 aromatic heterocycles. The maximum absolute atomic E-state index is 12.5. The molecule has 2 aromatic rings. The number of carbonyl (C=O) groups excluding carboxylic acids is 1. The number of nitrogens with one attached hydrogen (secondary N) is 2. The Kier molecular flexibility index (Phi) is 3.65. The third kappa shape index (κ3) is 2.65. The minimum absolute atomic E-state index is 0.00250. The highest BCUT2D eigenvalue weighted by Crippen LogP contribution is 2.17. The zero-order valence-electron chi connectivity index (χ0n) is 11.6. The summed E-state index contributed by atoms with van der Waals surface area (Å²) in [4.78, 5) is 16.8. The van der Waals surface area contributed by atoms with E-state index in [-0.39, 0.29) is 11.9 Å². The molecule has 4 heteroatoms. The van der Waals surface area contributed by atoms with Crippen molar-refractivity contribution in [3.8, 4) is 0 Å². The summed E-state index contributed by atoms with van der Waals surface area (Å²) in [5.41, 5.74) is 1.57. The van der Waals surface area contributed by atoms with Gasteiger partial charge in [0.05, 0.1) is 11.1 Å². The molecule has 1 fully saturated rings. The van der Waals surface area contributed by atoms with E-state index < -0.39 is 0 Å². The van der Waals surface area contributed by atoms with E-state index in [9.17, 15) is 4.79 Å². The molecule has 3 rings (SSSR count). The molecule has 2 heterocycles. The molecule has 104 valence electrons. The zero-order chi connectivity index (χ0) is 13.9. The lowest BCUT2D eigenvalue weighted by atomic mass is 10.00. The second-order valence-corrected chi connectivity index (χ2v) is 5.43. The minimum atomic E-state index is 0.00250. The van der Waals surface area contributed by atoms with Gasteiger partial charge < -0.3 is 10.6 Å². The van der Waals surface area contributed by atoms with Gasteiger partial charge >= 0.3 is 0 Å². The standard InChI is InChI=1S/C16H19N3O/c1-11-10-12(6-8-17-11)19-16(20)14-7-9-18-15-5-3-2-4-13(14)15/h2-5,7,9,11-12,17H,6,8,10H2,1H3,(H,19,20). The Bertz CT molecular complexity index is 621. The fourth-order valence-corrected chi connectivity index (χ4v) is 2.82. The van der Waals surface area contributed by atoms with Crippen LogP contribution in [0, 0.1) is 0 Å². The van der Waals surface area contributed by atoms with E-state index in [4.69, 9.17) is 0 Å². The van der Waals surface area contributed by atoms with E-state index in [1.54, 1.807) is 12.3 Å². The fraction of sp³-hybridized carbons (Fsp3) is 0.375. The maximum atomic E-state index is 12.5. The summed E-state index contributed by atoms with van der Waals surface area (Å²) in [6.45, 7) is 3.11. The average molecular weight is 269 g/mol. The molecular formula is C16H19N3O. The first-order valence-electron chi connectivity index (χ1n) is 7.12. The van der Waals surface area contributed by atoms with Crippen molar-refractivity contribution in [3.05, 3.63) is 42.1 Å². The Morgan fingerprint density at radius 1 is 1.35 bits per heavy atom. The SMILES string of the molecule is CC1CC(NC(=O)c2ccnc3ccccc23)CCN1. The molecule has 4 nitrogen and oxygen atoms in total. The number of piperidine rings is 1. The summed E-state index contributed by atoms with van der Waals surface area (Å²) in [5.74, 6) is 0.00250. The first-order valence-corrected chi connectivity index (χ1v) is 7.12. The third-order valence-electron chi connectivity index (χ3n) is 3.85. The van der Waals surface area contributed by atoms with Crippen LogP contribution in [-0.2, 0) is 0 Å². The van der Waals surface area contributed by atoms with E-state index in [0.29, 0.717) is 11.6 Å². The topological polar surface area (TPSA) is 54.0 Å². The molecule has 1 aliphatic rings. The van der Waals surface area contributed by atoms with Crippen LogP contribution in [0.25, 0.3) is 10.9 Å². The van der Waals surface area contributed by atoms with Crippen molar-refractivity contribution in [2.24, 2.45) is 0 Å². The van der Waals surface area contributed by atoms with E-state index in [0.717, 1.165) is 30.3 Å². The van der Waals surface area contributed by atoms with Gasteiger partial charge in [0.1, 0.15) is 0 Å². The van der Waals surface area contributed by atoms with E-state index >= 15 is 0 Å². The number of nitrogens with zero attached hydrogens (tertiary/aromatic N) is 1. The lowest BCUT2D eigenvalue weighted by Crippen LogP contribution is -2.46. The number of rotatable bonds is 2. The number of fused-ring (bicyclic) bond motifs is 1. The quantitative estimate of drug-likeness (QED) is 0.878. The lowest BCUT2D eigenvalue weighted by Gasteiger charge is -2.28. The van der Waals surface area contributed by atoms with Crippen molar-refractivity contribution in [1.29, 1.82) is 0 Å². The van der Waals surface area contributed by atoms with Crippen molar-refractivity contribution >= 4 is 16.8 Å². The van der Waals surface area contributed by atoms with Crippen molar-refractivity contribution in [2.75, 3.05) is 6.54 Å². The number of carbonyl (C=O) groups is 1. The Hall–Kier alpha value is -1.94. The summed E-state index contributed by atoms with van der Waals surface area (Å²) < 4.78 is 0.